The highest BCUT2D eigenvalue weighted by molar-refractivity contribution is 14.1. The fourth-order valence-electron chi connectivity index (χ4n) is 6.30. The molecule has 2 aromatic carbocycles. The first-order valence-corrected chi connectivity index (χ1v) is 19.2. The number of rotatable bonds is 13. The SMILES string of the molecule is Cc1nc([C@H](Cc2cc(F)cc(F)c2)NC(=O)CN=C2C(=C(N)C(F)F)CCC2(F)F)c(-c2ccc(Cl)c3c(NSC4(C)CC4)nn(CC(F)F)c23)cc1I. The molecule has 0 unspecified atom stereocenters. The van der Waals surface area contributed by atoms with Crippen molar-refractivity contribution in [3.63, 3.8) is 0 Å². The lowest BCUT2D eigenvalue weighted by Crippen LogP contribution is -2.34. The van der Waals surface area contributed by atoms with E-state index < -0.39 is 85.3 Å². The van der Waals surface area contributed by atoms with Crippen molar-refractivity contribution in [1.29, 1.82) is 0 Å². The van der Waals surface area contributed by atoms with E-state index in [1.807, 2.05) is 29.5 Å². The van der Waals surface area contributed by atoms with Crippen molar-refractivity contribution in [3.05, 3.63) is 84.8 Å². The Labute approximate surface area is 333 Å². The number of nitrogens with one attached hydrogen (secondary N) is 2. The van der Waals surface area contributed by atoms with E-state index in [1.165, 1.54) is 11.9 Å². The maximum atomic E-state index is 14.8. The zero-order chi connectivity index (χ0) is 40.0. The Kier molecular flexibility index (Phi) is 12.0. The summed E-state index contributed by atoms with van der Waals surface area (Å²) in [6.07, 6.45) is -5.75. The highest BCUT2D eigenvalue weighted by Gasteiger charge is 2.45. The number of carbonyl (C=O) groups excluding carboxylic acids is 1. The van der Waals surface area contributed by atoms with Gasteiger partial charge in [-0.1, -0.05) is 17.7 Å². The van der Waals surface area contributed by atoms with Crippen LogP contribution in [0.25, 0.3) is 22.0 Å². The summed E-state index contributed by atoms with van der Waals surface area (Å²) in [7, 11) is 0. The molecule has 2 aromatic heterocycles. The van der Waals surface area contributed by atoms with Crippen LogP contribution in [-0.4, -0.2) is 56.4 Å². The molecule has 1 atom stereocenters. The molecule has 0 bridgehead atoms. The Morgan fingerprint density at radius 3 is 2.42 bits per heavy atom. The van der Waals surface area contributed by atoms with Gasteiger partial charge in [-0.2, -0.15) is 13.9 Å². The van der Waals surface area contributed by atoms with Crippen molar-refractivity contribution >= 4 is 74.5 Å². The van der Waals surface area contributed by atoms with Crippen LogP contribution in [0.4, 0.5) is 40.9 Å². The second-order valence-corrected chi connectivity index (χ2v) is 16.6. The van der Waals surface area contributed by atoms with Gasteiger partial charge in [0.15, 0.2) is 5.82 Å². The fourth-order valence-corrected chi connectivity index (χ4v) is 7.76. The largest absolute Gasteiger partial charge is 0.397 e. The van der Waals surface area contributed by atoms with Gasteiger partial charge in [-0.05, 0) is 104 Å². The van der Waals surface area contributed by atoms with E-state index in [2.05, 4.69) is 20.1 Å². The van der Waals surface area contributed by atoms with E-state index in [0.717, 1.165) is 29.7 Å². The van der Waals surface area contributed by atoms with E-state index >= 15 is 0 Å². The van der Waals surface area contributed by atoms with Gasteiger partial charge in [0.25, 0.3) is 18.8 Å². The number of halogens is 10. The summed E-state index contributed by atoms with van der Waals surface area (Å²) >= 11 is 10.1. The number of nitrogens with two attached hydrogens (primary N) is 1. The Morgan fingerprint density at radius 1 is 1.09 bits per heavy atom. The zero-order valence-corrected chi connectivity index (χ0v) is 32.8. The third-order valence-corrected chi connectivity index (χ3v) is 11.9. The average molecular weight is 926 g/mol. The van der Waals surface area contributed by atoms with Gasteiger partial charge in [0.2, 0.25) is 5.91 Å². The fraction of sp³-hybridized carbons (Fsp3) is 0.389. The number of aryl methyl sites for hydroxylation is 1. The average Bonchev–Trinajstić information content (AvgIpc) is 3.60. The number of hydrogen-bond donors (Lipinski definition) is 3. The Bertz CT molecular complexity index is 2190. The molecule has 19 heteroatoms. The minimum absolute atomic E-state index is 0.0687. The lowest BCUT2D eigenvalue weighted by atomic mass is 9.93. The minimum atomic E-state index is -3.63. The predicted octanol–water partition coefficient (Wildman–Crippen LogP) is 9.57. The maximum Gasteiger partial charge on any atom is 0.289 e. The standard InChI is InChI=1S/C36H33ClF8IN7OS/c1-16-24(46)13-22(20-3-4-23(37)28-31(20)53(15-26(40)41)51-34(28)52-55-35(2)7-8-35)30(49-16)25(11-17-9-18(38)12-19(39)10-17)50-27(54)14-48-32-21(29(47)33(42)43)5-6-36(32,44)45/h3-4,9-10,12-13,25-26,33H,5-8,11,14-15,47H2,1-2H3,(H,50,54)(H,51,52)/t25-/m0/s1. The molecule has 4 N–H and O–H groups in total. The molecule has 2 saturated carbocycles. The number of alkyl halides is 6. The third kappa shape index (κ3) is 9.16. The molecule has 4 aromatic rings. The third-order valence-electron chi connectivity index (χ3n) is 9.29. The molecule has 0 saturated heterocycles. The van der Waals surface area contributed by atoms with Crippen LogP contribution in [0.15, 0.2) is 52.7 Å². The van der Waals surface area contributed by atoms with Crippen LogP contribution in [0, 0.1) is 22.1 Å². The van der Waals surface area contributed by atoms with Gasteiger partial charge in [0.1, 0.15) is 30.4 Å². The summed E-state index contributed by atoms with van der Waals surface area (Å²) in [6.45, 7) is 1.96. The van der Waals surface area contributed by atoms with Crippen LogP contribution >= 0.6 is 46.1 Å². The highest BCUT2D eigenvalue weighted by atomic mass is 127. The van der Waals surface area contributed by atoms with E-state index in [0.29, 0.717) is 31.8 Å². The Hall–Kier alpha value is -3.65. The van der Waals surface area contributed by atoms with Crippen LogP contribution in [0.5, 0.6) is 0 Å². The second kappa shape index (κ2) is 16.1. The molecule has 6 rings (SSSR count). The number of aliphatic imine (C=N–C) groups is 1. The number of anilines is 1. The van der Waals surface area contributed by atoms with Crippen molar-refractivity contribution in [2.75, 3.05) is 11.3 Å². The number of aromatic nitrogens is 3. The summed E-state index contributed by atoms with van der Waals surface area (Å²) in [5, 5.41) is 7.69. The van der Waals surface area contributed by atoms with Crippen molar-refractivity contribution in [3.8, 4) is 11.1 Å². The lowest BCUT2D eigenvalue weighted by Gasteiger charge is -2.23. The minimum Gasteiger partial charge on any atom is -0.397 e. The number of hydrogen-bond acceptors (Lipinski definition) is 7. The molecule has 8 nitrogen and oxygen atoms in total. The summed E-state index contributed by atoms with van der Waals surface area (Å²) in [5.41, 5.74) is 4.31. The number of amides is 1. The normalized spacial score (nSPS) is 18.4. The summed E-state index contributed by atoms with van der Waals surface area (Å²) < 4.78 is 118. The van der Waals surface area contributed by atoms with E-state index in [4.69, 9.17) is 22.3 Å². The zero-order valence-electron chi connectivity index (χ0n) is 29.1. The molecule has 55 heavy (non-hydrogen) atoms. The van der Waals surface area contributed by atoms with Crippen LogP contribution < -0.4 is 15.8 Å². The van der Waals surface area contributed by atoms with Crippen LogP contribution in [-0.2, 0) is 17.8 Å². The van der Waals surface area contributed by atoms with Crippen LogP contribution in [0.3, 0.4) is 0 Å². The smallest absolute Gasteiger partial charge is 0.289 e. The number of fused-ring (bicyclic) bond motifs is 1. The van der Waals surface area contributed by atoms with Gasteiger partial charge in [-0.15, -0.1) is 0 Å². The first kappa shape index (κ1) is 41.0. The van der Waals surface area contributed by atoms with Gasteiger partial charge in [-0.25, -0.2) is 26.3 Å². The van der Waals surface area contributed by atoms with E-state index in [9.17, 15) is 39.9 Å². The van der Waals surface area contributed by atoms with E-state index in [1.54, 1.807) is 25.1 Å². The molecule has 2 heterocycles. The molecule has 2 fully saturated rings. The second-order valence-electron chi connectivity index (χ2n) is 13.6. The maximum absolute atomic E-state index is 14.8. The highest BCUT2D eigenvalue weighted by Crippen LogP contribution is 2.49. The van der Waals surface area contributed by atoms with Crippen molar-refractivity contribution < 1.29 is 39.9 Å². The number of allylic oxidation sites excluding steroid dienone is 2. The Balaban J connectivity index is 1.48. The van der Waals surface area contributed by atoms with E-state index in [-0.39, 0.29) is 38.8 Å². The van der Waals surface area contributed by atoms with Crippen LogP contribution in [0.1, 0.15) is 55.6 Å². The summed E-state index contributed by atoms with van der Waals surface area (Å²) in [6, 6.07) is 6.34. The van der Waals surface area contributed by atoms with Gasteiger partial charge in [0, 0.05) is 37.5 Å². The Morgan fingerprint density at radius 2 is 1.78 bits per heavy atom. The monoisotopic (exact) mass is 925 g/mol. The molecular formula is C36H33ClF8IN7OS. The quantitative estimate of drug-likeness (QED) is 0.0701. The topological polar surface area (TPSA) is 110 Å². The molecule has 0 radical (unpaired) electrons. The molecule has 1 amide bonds. The molecule has 0 spiro atoms. The first-order chi connectivity index (χ1) is 25.9. The molecule has 0 aliphatic heterocycles. The van der Waals surface area contributed by atoms with Gasteiger partial charge in [-0.3, -0.25) is 19.5 Å². The van der Waals surface area contributed by atoms with Gasteiger partial charge in [0.05, 0.1) is 39.1 Å². The van der Waals surface area contributed by atoms with Crippen molar-refractivity contribution in [1.82, 2.24) is 20.1 Å². The number of nitrogens with zero attached hydrogens (tertiary/aromatic N) is 4. The molecule has 2 aliphatic rings. The number of pyridine rings is 1. The van der Waals surface area contributed by atoms with Gasteiger partial charge >= 0.3 is 0 Å². The lowest BCUT2D eigenvalue weighted by molar-refractivity contribution is -0.120. The van der Waals surface area contributed by atoms with Gasteiger partial charge < -0.3 is 15.8 Å². The number of carbonyl (C=O) groups is 1. The first-order valence-electron chi connectivity index (χ1n) is 16.9. The van der Waals surface area contributed by atoms with Crippen molar-refractivity contribution in [2.45, 2.75) is 82.1 Å². The summed E-state index contributed by atoms with van der Waals surface area (Å²) in [4.78, 5) is 22.0. The molecule has 2 aliphatic carbocycles. The summed E-state index contributed by atoms with van der Waals surface area (Å²) in [5.74, 6) is -6.16. The number of benzene rings is 2. The predicted molar refractivity (Wildman–Crippen MR) is 205 cm³/mol. The van der Waals surface area contributed by atoms with Crippen LogP contribution in [0.2, 0.25) is 5.02 Å². The van der Waals surface area contributed by atoms with Crippen molar-refractivity contribution in [2.24, 2.45) is 10.7 Å². The molecule has 294 valence electrons. The molecular weight excluding hydrogens is 893 g/mol.